The van der Waals surface area contributed by atoms with Crippen LogP contribution in [0.3, 0.4) is 0 Å². The number of rotatable bonds is 1. The molecule has 92 valence electrons. The molecule has 0 radical (unpaired) electrons. The summed E-state index contributed by atoms with van der Waals surface area (Å²) in [5.74, 6) is 0.0110. The first-order valence-corrected chi connectivity index (χ1v) is 6.31. The molecule has 1 N–H and O–H groups in total. The number of carbonyl (C=O) groups excluding carboxylic acids is 1. The summed E-state index contributed by atoms with van der Waals surface area (Å²) < 4.78 is 0. The Hall–Kier alpha value is -0.770. The summed E-state index contributed by atoms with van der Waals surface area (Å²) in [5, 5.41) is 4.18. The van der Waals surface area contributed by atoms with Crippen molar-refractivity contribution in [3.05, 3.63) is 33.8 Å². The number of benzene rings is 1. The van der Waals surface area contributed by atoms with Crippen molar-refractivity contribution in [3.8, 4) is 0 Å². The zero-order chi connectivity index (χ0) is 12.4. The Morgan fingerprint density at radius 3 is 2.82 bits per heavy atom. The Kier molecular flexibility index (Phi) is 3.92. The van der Waals surface area contributed by atoms with Crippen molar-refractivity contribution in [2.45, 2.75) is 13.0 Å². The minimum Gasteiger partial charge on any atom is -0.336 e. The second-order valence-corrected chi connectivity index (χ2v) is 5.05. The number of carbonyl (C=O) groups is 1. The molecule has 0 aliphatic carbocycles. The summed E-state index contributed by atoms with van der Waals surface area (Å²) in [6, 6.07) is 5.32. The highest BCUT2D eigenvalue weighted by molar-refractivity contribution is 6.42. The van der Waals surface area contributed by atoms with E-state index >= 15 is 0 Å². The van der Waals surface area contributed by atoms with Crippen LogP contribution < -0.4 is 5.32 Å². The quantitative estimate of drug-likeness (QED) is 0.852. The zero-order valence-electron chi connectivity index (χ0n) is 9.54. The fourth-order valence-electron chi connectivity index (χ4n) is 1.93. The van der Waals surface area contributed by atoms with Crippen LogP contribution in [0.25, 0.3) is 0 Å². The van der Waals surface area contributed by atoms with Gasteiger partial charge in [0.15, 0.2) is 0 Å². The van der Waals surface area contributed by atoms with Crippen molar-refractivity contribution >= 4 is 29.1 Å². The van der Waals surface area contributed by atoms with Crippen LogP contribution in [0.15, 0.2) is 18.2 Å². The molecule has 0 spiro atoms. The summed E-state index contributed by atoms with van der Waals surface area (Å²) in [7, 11) is 0. The lowest BCUT2D eigenvalue weighted by atomic mass is 10.1. The molecular weight excluding hydrogens is 259 g/mol. The third-order valence-corrected chi connectivity index (χ3v) is 3.56. The third-order valence-electron chi connectivity index (χ3n) is 2.82. The average molecular weight is 273 g/mol. The number of piperazine rings is 1. The molecular formula is C12H14Cl2N2O. The molecule has 2 rings (SSSR count). The molecule has 1 fully saturated rings. The summed E-state index contributed by atoms with van der Waals surface area (Å²) in [4.78, 5) is 14.0. The maximum absolute atomic E-state index is 12.2. The van der Waals surface area contributed by atoms with Crippen LogP contribution in [0.2, 0.25) is 10.0 Å². The minimum atomic E-state index is 0.0110. The van der Waals surface area contributed by atoms with Crippen molar-refractivity contribution in [1.29, 1.82) is 0 Å². The van der Waals surface area contributed by atoms with E-state index in [-0.39, 0.29) is 5.91 Å². The minimum absolute atomic E-state index is 0.0110. The van der Waals surface area contributed by atoms with Crippen molar-refractivity contribution in [1.82, 2.24) is 10.2 Å². The van der Waals surface area contributed by atoms with Gasteiger partial charge in [-0.15, -0.1) is 0 Å². The fraction of sp³-hybridized carbons (Fsp3) is 0.417. The first-order valence-electron chi connectivity index (χ1n) is 5.55. The van der Waals surface area contributed by atoms with Gasteiger partial charge in [-0.2, -0.15) is 0 Å². The lowest BCUT2D eigenvalue weighted by Gasteiger charge is -2.32. The Morgan fingerprint density at radius 2 is 2.18 bits per heavy atom. The van der Waals surface area contributed by atoms with Crippen molar-refractivity contribution in [2.24, 2.45) is 0 Å². The highest BCUT2D eigenvalue weighted by atomic mass is 35.5. The van der Waals surface area contributed by atoms with Crippen molar-refractivity contribution < 1.29 is 4.79 Å². The summed E-state index contributed by atoms with van der Waals surface area (Å²) in [6.07, 6.45) is 0. The lowest BCUT2D eigenvalue weighted by Crippen LogP contribution is -2.51. The smallest absolute Gasteiger partial charge is 0.254 e. The highest BCUT2D eigenvalue weighted by Crippen LogP contribution is 2.23. The fourth-order valence-corrected chi connectivity index (χ4v) is 2.23. The Morgan fingerprint density at radius 1 is 1.41 bits per heavy atom. The first kappa shape index (κ1) is 12.7. The van der Waals surface area contributed by atoms with Gasteiger partial charge in [0, 0.05) is 31.2 Å². The molecule has 0 unspecified atom stereocenters. The van der Waals surface area contributed by atoms with Crippen LogP contribution in [-0.4, -0.2) is 36.5 Å². The van der Waals surface area contributed by atoms with Crippen molar-refractivity contribution in [2.75, 3.05) is 19.6 Å². The van der Waals surface area contributed by atoms with Crippen LogP contribution in [0.4, 0.5) is 0 Å². The van der Waals surface area contributed by atoms with Gasteiger partial charge in [-0.05, 0) is 25.1 Å². The molecule has 0 aromatic heterocycles. The number of hydrogen-bond acceptors (Lipinski definition) is 2. The van der Waals surface area contributed by atoms with E-state index in [4.69, 9.17) is 23.2 Å². The van der Waals surface area contributed by atoms with E-state index in [0.29, 0.717) is 21.7 Å². The monoisotopic (exact) mass is 272 g/mol. The Balaban J connectivity index is 2.15. The Labute approximate surface area is 111 Å². The molecule has 1 aromatic carbocycles. The van der Waals surface area contributed by atoms with Gasteiger partial charge >= 0.3 is 0 Å². The molecule has 1 aliphatic heterocycles. The Bertz CT molecular complexity index is 437. The molecule has 1 aromatic rings. The van der Waals surface area contributed by atoms with E-state index in [2.05, 4.69) is 12.2 Å². The van der Waals surface area contributed by atoms with Crippen LogP contribution >= 0.6 is 23.2 Å². The van der Waals surface area contributed by atoms with E-state index in [9.17, 15) is 4.79 Å². The van der Waals surface area contributed by atoms with E-state index in [1.54, 1.807) is 18.2 Å². The van der Waals surface area contributed by atoms with Crippen LogP contribution in [0, 0.1) is 0 Å². The zero-order valence-corrected chi connectivity index (χ0v) is 11.1. The summed E-state index contributed by atoms with van der Waals surface area (Å²) in [5.41, 5.74) is 0.591. The predicted octanol–water partition coefficient (Wildman–Crippen LogP) is 2.43. The molecule has 1 atom stereocenters. The maximum Gasteiger partial charge on any atom is 0.254 e. The molecule has 17 heavy (non-hydrogen) atoms. The second-order valence-electron chi connectivity index (χ2n) is 4.24. The first-order chi connectivity index (χ1) is 8.08. The number of halogens is 2. The van der Waals surface area contributed by atoms with Crippen LogP contribution in [-0.2, 0) is 0 Å². The SMILES string of the molecule is C[C@@H]1CN(C(=O)c2ccc(Cl)c(Cl)c2)CCN1. The molecule has 1 aliphatic rings. The third kappa shape index (κ3) is 2.92. The van der Waals surface area contributed by atoms with Gasteiger partial charge in [0.05, 0.1) is 10.0 Å². The molecule has 3 nitrogen and oxygen atoms in total. The molecule has 1 heterocycles. The predicted molar refractivity (Wildman–Crippen MR) is 69.8 cm³/mol. The number of hydrogen-bond donors (Lipinski definition) is 1. The maximum atomic E-state index is 12.2. The van der Waals surface area contributed by atoms with Crippen LogP contribution in [0.5, 0.6) is 0 Å². The number of amides is 1. The summed E-state index contributed by atoms with van der Waals surface area (Å²) in [6.45, 7) is 4.34. The average Bonchev–Trinajstić information content (AvgIpc) is 2.32. The summed E-state index contributed by atoms with van der Waals surface area (Å²) >= 11 is 11.7. The van der Waals surface area contributed by atoms with Gasteiger partial charge in [0.1, 0.15) is 0 Å². The standard InChI is InChI=1S/C12H14Cl2N2O/c1-8-7-16(5-4-15-8)12(17)9-2-3-10(13)11(14)6-9/h2-3,6,8,15H,4-5,7H2,1H3/t8-/m1/s1. The van der Waals surface area contributed by atoms with E-state index in [1.807, 2.05) is 4.90 Å². The molecule has 5 heteroatoms. The molecule has 0 saturated carbocycles. The lowest BCUT2D eigenvalue weighted by molar-refractivity contribution is 0.0709. The van der Waals surface area contributed by atoms with Crippen LogP contribution in [0.1, 0.15) is 17.3 Å². The second kappa shape index (κ2) is 5.25. The van der Waals surface area contributed by atoms with Gasteiger partial charge in [-0.25, -0.2) is 0 Å². The normalized spacial score (nSPS) is 20.4. The number of nitrogens with one attached hydrogen (secondary N) is 1. The van der Waals surface area contributed by atoms with Gasteiger partial charge in [-0.3, -0.25) is 4.79 Å². The van der Waals surface area contributed by atoms with E-state index < -0.39 is 0 Å². The van der Waals surface area contributed by atoms with E-state index in [0.717, 1.165) is 19.6 Å². The molecule has 1 amide bonds. The molecule has 0 bridgehead atoms. The van der Waals surface area contributed by atoms with Gasteiger partial charge in [-0.1, -0.05) is 23.2 Å². The van der Waals surface area contributed by atoms with Gasteiger partial charge in [0.2, 0.25) is 0 Å². The largest absolute Gasteiger partial charge is 0.336 e. The highest BCUT2D eigenvalue weighted by Gasteiger charge is 2.21. The topological polar surface area (TPSA) is 32.3 Å². The van der Waals surface area contributed by atoms with Gasteiger partial charge < -0.3 is 10.2 Å². The van der Waals surface area contributed by atoms with E-state index in [1.165, 1.54) is 0 Å². The van der Waals surface area contributed by atoms with Crippen molar-refractivity contribution in [3.63, 3.8) is 0 Å². The number of nitrogens with zero attached hydrogens (tertiary/aromatic N) is 1. The molecule has 1 saturated heterocycles. The van der Waals surface area contributed by atoms with Gasteiger partial charge in [0.25, 0.3) is 5.91 Å².